The molecular weight excluding hydrogens is 390 g/mol. The summed E-state index contributed by atoms with van der Waals surface area (Å²) in [6.45, 7) is 1.31. The van der Waals surface area contributed by atoms with E-state index in [0.29, 0.717) is 13.1 Å². The number of quaternary nitrogens is 1. The van der Waals surface area contributed by atoms with Crippen molar-refractivity contribution in [1.82, 2.24) is 0 Å². The van der Waals surface area contributed by atoms with Crippen molar-refractivity contribution in [2.24, 2.45) is 0 Å². The number of hydrogen-bond acceptors (Lipinski definition) is 5. The minimum absolute atomic E-state index is 0.128. The number of nitro groups is 1. The highest BCUT2D eigenvalue weighted by Crippen LogP contribution is 2.27. The Morgan fingerprint density at radius 3 is 2.78 bits per heavy atom. The molecule has 0 fully saturated rings. The number of amides is 1. The lowest BCUT2D eigenvalue weighted by molar-refractivity contribution is -0.920. The zero-order chi connectivity index (χ0) is 19.2. The van der Waals surface area contributed by atoms with Crippen molar-refractivity contribution in [3.63, 3.8) is 0 Å². The fraction of sp³-hybridized carbons (Fsp3) is 0.167. The summed E-state index contributed by atoms with van der Waals surface area (Å²) in [5.41, 5.74) is -0.107. The van der Waals surface area contributed by atoms with Crippen molar-refractivity contribution >= 4 is 40.2 Å². The maximum absolute atomic E-state index is 12.5. The number of nitrogens with zero attached hydrogens (tertiary/aromatic N) is 1. The molecular formula is C18H17ClN3O4S+. The summed E-state index contributed by atoms with van der Waals surface area (Å²) < 4.78 is 5.39. The fourth-order valence-electron chi connectivity index (χ4n) is 2.69. The molecule has 0 aliphatic rings. The molecule has 3 rings (SSSR count). The Bertz CT molecular complexity index is 877. The smallest absolute Gasteiger partial charge is 0.294 e. The lowest BCUT2D eigenvalue weighted by Crippen LogP contribution is -3.10. The minimum atomic E-state index is -0.569. The zero-order valence-electron chi connectivity index (χ0n) is 14.2. The Morgan fingerprint density at radius 1 is 1.26 bits per heavy atom. The van der Waals surface area contributed by atoms with E-state index >= 15 is 0 Å². The van der Waals surface area contributed by atoms with E-state index in [9.17, 15) is 14.9 Å². The van der Waals surface area contributed by atoms with E-state index in [0.717, 1.165) is 15.5 Å². The fourth-order valence-corrected chi connectivity index (χ4v) is 3.63. The summed E-state index contributed by atoms with van der Waals surface area (Å²) in [5.74, 6) is 0.449. The van der Waals surface area contributed by atoms with E-state index < -0.39 is 4.92 Å². The number of thiophene rings is 1. The molecule has 140 valence electrons. The summed E-state index contributed by atoms with van der Waals surface area (Å²) in [5, 5.41) is 16.0. The second-order valence-electron chi connectivity index (χ2n) is 5.91. The molecule has 0 radical (unpaired) electrons. The average molecular weight is 407 g/mol. The number of benzene rings is 1. The monoisotopic (exact) mass is 406 g/mol. The topological polar surface area (TPSA) is 89.8 Å². The maximum atomic E-state index is 12.5. The number of nitrogens with one attached hydrogen (secondary N) is 2. The molecule has 1 atom stereocenters. The summed E-state index contributed by atoms with van der Waals surface area (Å²) in [6, 6.07) is 11.8. The normalized spacial score (nSPS) is 11.9. The van der Waals surface area contributed by atoms with Crippen molar-refractivity contribution < 1.29 is 19.0 Å². The third-order valence-electron chi connectivity index (χ3n) is 3.85. The quantitative estimate of drug-likeness (QED) is 0.444. The molecule has 7 nitrogen and oxygen atoms in total. The van der Waals surface area contributed by atoms with E-state index in [-0.39, 0.29) is 28.8 Å². The van der Waals surface area contributed by atoms with Gasteiger partial charge in [0.25, 0.3) is 11.6 Å². The molecule has 1 amide bonds. The molecule has 2 heterocycles. The van der Waals surface area contributed by atoms with Crippen LogP contribution >= 0.6 is 22.9 Å². The number of furan rings is 1. The van der Waals surface area contributed by atoms with Gasteiger partial charge in [0.2, 0.25) is 0 Å². The molecule has 0 aliphatic carbocycles. The molecule has 0 saturated heterocycles. The van der Waals surface area contributed by atoms with E-state index in [2.05, 4.69) is 5.32 Å². The third kappa shape index (κ3) is 5.40. The molecule has 1 aromatic carbocycles. The Kier molecular flexibility index (Phi) is 6.23. The first-order valence-corrected chi connectivity index (χ1v) is 9.39. The number of hydrogen-bond donors (Lipinski definition) is 2. The molecule has 27 heavy (non-hydrogen) atoms. The molecule has 0 spiro atoms. The molecule has 0 bridgehead atoms. The predicted octanol–water partition coefficient (Wildman–Crippen LogP) is 3.13. The Morgan fingerprint density at radius 2 is 2.11 bits per heavy atom. The van der Waals surface area contributed by atoms with E-state index in [4.69, 9.17) is 16.0 Å². The third-order valence-corrected chi connectivity index (χ3v) is 4.96. The molecule has 0 aliphatic heterocycles. The molecule has 0 saturated carbocycles. The van der Waals surface area contributed by atoms with Crippen molar-refractivity contribution in [1.29, 1.82) is 0 Å². The van der Waals surface area contributed by atoms with Crippen LogP contribution in [-0.2, 0) is 17.9 Å². The molecule has 1 unspecified atom stereocenters. The Hall–Kier alpha value is -2.68. The van der Waals surface area contributed by atoms with Crippen LogP contribution in [0.1, 0.15) is 10.6 Å². The van der Waals surface area contributed by atoms with Crippen molar-refractivity contribution in [2.45, 2.75) is 13.1 Å². The summed E-state index contributed by atoms with van der Waals surface area (Å²) in [6.07, 6.45) is 1.59. The first-order chi connectivity index (χ1) is 13.0. The van der Waals surface area contributed by atoms with Gasteiger partial charge in [0.05, 0.1) is 16.1 Å². The maximum Gasteiger partial charge on any atom is 0.294 e. The van der Waals surface area contributed by atoms with Crippen LogP contribution in [0, 0.1) is 10.1 Å². The number of carbonyl (C=O) groups excluding carboxylic acids is 1. The van der Waals surface area contributed by atoms with Crippen LogP contribution in [0.5, 0.6) is 0 Å². The van der Waals surface area contributed by atoms with Crippen LogP contribution in [0.25, 0.3) is 0 Å². The zero-order valence-corrected chi connectivity index (χ0v) is 15.8. The number of rotatable bonds is 8. The summed E-state index contributed by atoms with van der Waals surface area (Å²) in [4.78, 5) is 25.2. The van der Waals surface area contributed by atoms with Gasteiger partial charge in [-0.05, 0) is 35.7 Å². The van der Waals surface area contributed by atoms with Gasteiger partial charge >= 0.3 is 0 Å². The highest BCUT2D eigenvalue weighted by molar-refractivity contribution is 7.09. The van der Waals surface area contributed by atoms with Gasteiger partial charge < -0.3 is 14.6 Å². The van der Waals surface area contributed by atoms with Crippen LogP contribution in [0.3, 0.4) is 0 Å². The van der Waals surface area contributed by atoms with Crippen LogP contribution in [0.15, 0.2) is 58.5 Å². The first-order valence-electron chi connectivity index (χ1n) is 8.13. The van der Waals surface area contributed by atoms with Gasteiger partial charge in [-0.3, -0.25) is 14.9 Å². The Labute approximate surface area is 164 Å². The van der Waals surface area contributed by atoms with Gasteiger partial charge in [-0.25, -0.2) is 0 Å². The molecule has 3 aromatic rings. The van der Waals surface area contributed by atoms with Crippen LogP contribution in [-0.4, -0.2) is 17.4 Å². The van der Waals surface area contributed by atoms with E-state index in [1.807, 2.05) is 23.6 Å². The van der Waals surface area contributed by atoms with Crippen molar-refractivity contribution in [2.75, 3.05) is 11.9 Å². The number of anilines is 1. The number of nitro benzene ring substituents is 1. The largest absolute Gasteiger partial charge is 0.463 e. The van der Waals surface area contributed by atoms with Gasteiger partial charge in [0.1, 0.15) is 18.8 Å². The van der Waals surface area contributed by atoms with Gasteiger partial charge in [-0.15, -0.1) is 11.3 Å². The van der Waals surface area contributed by atoms with Gasteiger partial charge in [0, 0.05) is 11.1 Å². The SMILES string of the molecule is O=C(C[NH+](Cc1ccco1)Cc1cccs1)Nc1ccc(Cl)cc1[N+](=O)[O-]. The standard InChI is InChI=1S/C18H16ClN3O4S/c19-13-5-6-16(17(9-13)22(24)25)20-18(23)12-21(10-14-3-1-7-26-14)11-15-4-2-8-27-15/h1-9H,10-12H2,(H,20,23)/p+1. The molecule has 2 N–H and O–H groups in total. The first kappa shape index (κ1) is 19.1. The highest BCUT2D eigenvalue weighted by atomic mass is 35.5. The lowest BCUT2D eigenvalue weighted by Gasteiger charge is -2.17. The van der Waals surface area contributed by atoms with Crippen LogP contribution < -0.4 is 10.2 Å². The predicted molar refractivity (Wildman–Crippen MR) is 103 cm³/mol. The number of halogens is 1. The molecule has 9 heteroatoms. The van der Waals surface area contributed by atoms with Gasteiger partial charge in [-0.1, -0.05) is 17.7 Å². The second-order valence-corrected chi connectivity index (χ2v) is 7.37. The van der Waals surface area contributed by atoms with E-state index in [1.54, 1.807) is 23.7 Å². The molecule has 2 aromatic heterocycles. The van der Waals surface area contributed by atoms with Crippen LogP contribution in [0.2, 0.25) is 5.02 Å². The minimum Gasteiger partial charge on any atom is -0.463 e. The highest BCUT2D eigenvalue weighted by Gasteiger charge is 2.21. The van der Waals surface area contributed by atoms with Gasteiger partial charge in [0.15, 0.2) is 12.3 Å². The number of carbonyl (C=O) groups is 1. The Balaban J connectivity index is 1.71. The lowest BCUT2D eigenvalue weighted by atomic mass is 10.2. The summed E-state index contributed by atoms with van der Waals surface area (Å²) in [7, 11) is 0. The van der Waals surface area contributed by atoms with E-state index in [1.165, 1.54) is 18.2 Å². The summed E-state index contributed by atoms with van der Waals surface area (Å²) >= 11 is 7.43. The van der Waals surface area contributed by atoms with Crippen LogP contribution in [0.4, 0.5) is 11.4 Å². The second kappa shape index (κ2) is 8.81. The van der Waals surface area contributed by atoms with Crippen molar-refractivity contribution in [3.05, 3.63) is 79.9 Å². The van der Waals surface area contributed by atoms with Crippen molar-refractivity contribution in [3.8, 4) is 0 Å². The van der Waals surface area contributed by atoms with Gasteiger partial charge in [-0.2, -0.15) is 0 Å². The average Bonchev–Trinajstić information content (AvgIpc) is 3.30.